The van der Waals surface area contributed by atoms with Crippen LogP contribution in [-0.4, -0.2) is 27.6 Å². The second kappa shape index (κ2) is 7.77. The van der Waals surface area contributed by atoms with E-state index in [-0.39, 0.29) is 5.91 Å². The molecule has 5 heteroatoms. The highest BCUT2D eigenvalue weighted by atomic mass is 16.1. The lowest BCUT2D eigenvalue weighted by Gasteiger charge is -2.13. The Balaban J connectivity index is 1.86. The van der Waals surface area contributed by atoms with Gasteiger partial charge in [0, 0.05) is 23.4 Å². The first kappa shape index (κ1) is 18.2. The monoisotopic (exact) mass is 350 g/mol. The molecular formula is C21H26N4O. The lowest BCUT2D eigenvalue weighted by Crippen LogP contribution is -2.26. The van der Waals surface area contributed by atoms with Crippen LogP contribution in [0.4, 0.5) is 0 Å². The van der Waals surface area contributed by atoms with E-state index >= 15 is 0 Å². The Morgan fingerprint density at radius 3 is 2.69 bits per heavy atom. The molecule has 0 saturated heterocycles. The molecule has 1 N–H and O–H groups in total. The second-order valence-electron chi connectivity index (χ2n) is 7.12. The minimum absolute atomic E-state index is 0.140. The molecule has 2 aromatic rings. The smallest absolute Gasteiger partial charge is 0.269 e. The number of aromatic nitrogens is 3. The highest BCUT2D eigenvalue weighted by Crippen LogP contribution is 2.33. The molecule has 1 aliphatic carbocycles. The van der Waals surface area contributed by atoms with E-state index in [1.807, 2.05) is 26.8 Å². The van der Waals surface area contributed by atoms with E-state index < -0.39 is 0 Å². The van der Waals surface area contributed by atoms with Crippen molar-refractivity contribution in [2.24, 2.45) is 5.92 Å². The quantitative estimate of drug-likeness (QED) is 0.766. The molecule has 0 atom stereocenters. The minimum atomic E-state index is -0.140. The van der Waals surface area contributed by atoms with Crippen LogP contribution in [0.5, 0.6) is 0 Å². The van der Waals surface area contributed by atoms with E-state index in [4.69, 9.17) is 0 Å². The van der Waals surface area contributed by atoms with E-state index in [1.54, 1.807) is 12.1 Å². The summed E-state index contributed by atoms with van der Waals surface area (Å²) in [5.41, 5.74) is 5.56. The largest absolute Gasteiger partial charge is 0.351 e. The number of nitrogens with zero attached hydrogens (tertiary/aromatic N) is 3. The zero-order chi connectivity index (χ0) is 18.7. The number of carbonyl (C=O) groups excluding carboxylic acids is 1. The van der Waals surface area contributed by atoms with Crippen LogP contribution < -0.4 is 5.32 Å². The first-order valence-electron chi connectivity index (χ1n) is 9.23. The predicted molar refractivity (Wildman–Crippen MR) is 104 cm³/mol. The van der Waals surface area contributed by atoms with Crippen LogP contribution in [0, 0.1) is 26.7 Å². The van der Waals surface area contributed by atoms with E-state index in [2.05, 4.69) is 27.1 Å². The molecule has 0 spiro atoms. The topological polar surface area (TPSA) is 67.8 Å². The molecule has 0 bridgehead atoms. The van der Waals surface area contributed by atoms with Gasteiger partial charge in [0.05, 0.1) is 11.4 Å². The molecule has 5 nitrogen and oxygen atoms in total. The molecular weight excluding hydrogens is 324 g/mol. The van der Waals surface area contributed by atoms with Gasteiger partial charge in [-0.3, -0.25) is 4.79 Å². The summed E-state index contributed by atoms with van der Waals surface area (Å²) in [7, 11) is 0. The fourth-order valence-corrected chi connectivity index (χ4v) is 3.23. The Bertz CT molecular complexity index is 840. The van der Waals surface area contributed by atoms with Gasteiger partial charge in [-0.05, 0) is 57.2 Å². The van der Waals surface area contributed by atoms with Gasteiger partial charge < -0.3 is 5.32 Å². The molecule has 0 radical (unpaired) electrons. The van der Waals surface area contributed by atoms with Gasteiger partial charge in [-0.25, -0.2) is 4.98 Å². The van der Waals surface area contributed by atoms with Gasteiger partial charge in [0.25, 0.3) is 5.91 Å². The molecule has 2 heterocycles. The average molecular weight is 350 g/mol. The van der Waals surface area contributed by atoms with E-state index in [0.717, 1.165) is 46.1 Å². The third-order valence-corrected chi connectivity index (χ3v) is 4.82. The van der Waals surface area contributed by atoms with Crippen LogP contribution in [0.2, 0.25) is 0 Å². The van der Waals surface area contributed by atoms with E-state index in [9.17, 15) is 4.79 Å². The Hall–Kier alpha value is -2.56. The normalized spacial score (nSPS) is 13.5. The number of hydrogen-bond donors (Lipinski definition) is 1. The van der Waals surface area contributed by atoms with Crippen molar-refractivity contribution in [1.82, 2.24) is 20.5 Å². The van der Waals surface area contributed by atoms with Gasteiger partial charge in [-0.1, -0.05) is 25.5 Å². The minimum Gasteiger partial charge on any atom is -0.351 e. The van der Waals surface area contributed by atoms with Crippen molar-refractivity contribution < 1.29 is 4.79 Å². The lowest BCUT2D eigenvalue weighted by atomic mass is 9.99. The Morgan fingerprint density at radius 1 is 1.27 bits per heavy atom. The predicted octanol–water partition coefficient (Wildman–Crippen LogP) is 4.03. The summed E-state index contributed by atoms with van der Waals surface area (Å²) in [6.07, 6.45) is 6.67. The molecule has 0 aliphatic heterocycles. The van der Waals surface area contributed by atoms with Gasteiger partial charge in [-0.15, -0.1) is 5.10 Å². The molecule has 1 fully saturated rings. The maximum atomic E-state index is 12.5. The number of amides is 1. The summed E-state index contributed by atoms with van der Waals surface area (Å²) in [6, 6.07) is 3.79. The number of nitrogens with one attached hydrogen (secondary N) is 1. The van der Waals surface area contributed by atoms with Crippen molar-refractivity contribution >= 4 is 12.0 Å². The highest BCUT2D eigenvalue weighted by molar-refractivity contribution is 5.94. The Morgan fingerprint density at radius 2 is 2.04 bits per heavy atom. The maximum absolute atomic E-state index is 12.5. The Kier molecular flexibility index (Phi) is 5.45. The number of aryl methyl sites for hydroxylation is 3. The summed E-state index contributed by atoms with van der Waals surface area (Å²) in [5.74, 6) is 0.743. The van der Waals surface area contributed by atoms with Crippen LogP contribution in [0.1, 0.15) is 58.7 Å². The molecule has 3 rings (SSSR count). The first-order valence-corrected chi connectivity index (χ1v) is 9.23. The van der Waals surface area contributed by atoms with Crippen LogP contribution in [-0.2, 0) is 0 Å². The summed E-state index contributed by atoms with van der Waals surface area (Å²) < 4.78 is 0. The molecule has 136 valence electrons. The zero-order valence-corrected chi connectivity index (χ0v) is 15.8. The fourth-order valence-electron chi connectivity index (χ4n) is 3.23. The summed E-state index contributed by atoms with van der Waals surface area (Å²) >= 11 is 0. The SMILES string of the molecule is C=Cc1c(-c2nnc(C)cc2C)cc(C(=O)NCCCC2CC2)nc1C. The van der Waals surface area contributed by atoms with Crippen molar-refractivity contribution in [3.05, 3.63) is 46.9 Å². The molecule has 26 heavy (non-hydrogen) atoms. The number of hydrogen-bond acceptors (Lipinski definition) is 4. The molecule has 1 saturated carbocycles. The standard InChI is InChI=1S/C21H26N4O/c1-5-17-15(4)23-19(21(26)22-10-6-7-16-8-9-16)12-18(17)20-13(2)11-14(3)24-25-20/h5,11-12,16H,1,6-10H2,2-4H3,(H,22,26). The summed E-state index contributed by atoms with van der Waals surface area (Å²) in [4.78, 5) is 17.0. The zero-order valence-electron chi connectivity index (χ0n) is 15.8. The van der Waals surface area contributed by atoms with Crippen molar-refractivity contribution in [2.75, 3.05) is 6.54 Å². The van der Waals surface area contributed by atoms with Crippen LogP contribution in [0.15, 0.2) is 18.7 Å². The van der Waals surface area contributed by atoms with Gasteiger partial charge >= 0.3 is 0 Å². The maximum Gasteiger partial charge on any atom is 0.269 e. The summed E-state index contributed by atoms with van der Waals surface area (Å²) in [6.45, 7) is 10.4. The van der Waals surface area contributed by atoms with Gasteiger partial charge in [0.2, 0.25) is 0 Å². The second-order valence-corrected chi connectivity index (χ2v) is 7.12. The highest BCUT2D eigenvalue weighted by Gasteiger charge is 2.20. The first-order chi connectivity index (χ1) is 12.5. The Labute approximate surface area is 155 Å². The summed E-state index contributed by atoms with van der Waals surface area (Å²) in [5, 5.41) is 11.5. The van der Waals surface area contributed by atoms with Gasteiger partial charge in [0.1, 0.15) is 5.69 Å². The van der Waals surface area contributed by atoms with Crippen LogP contribution >= 0.6 is 0 Å². The fraction of sp³-hybridized carbons (Fsp3) is 0.429. The van der Waals surface area contributed by atoms with Crippen molar-refractivity contribution in [3.8, 4) is 11.3 Å². The van der Waals surface area contributed by atoms with Gasteiger partial charge in [0.15, 0.2) is 0 Å². The van der Waals surface area contributed by atoms with E-state index in [1.165, 1.54) is 19.3 Å². The van der Waals surface area contributed by atoms with Crippen molar-refractivity contribution in [1.29, 1.82) is 0 Å². The molecule has 0 aromatic carbocycles. The number of rotatable bonds is 7. The van der Waals surface area contributed by atoms with E-state index in [0.29, 0.717) is 12.2 Å². The molecule has 2 aromatic heterocycles. The number of carbonyl (C=O) groups is 1. The molecule has 1 aliphatic rings. The van der Waals surface area contributed by atoms with Crippen molar-refractivity contribution in [3.63, 3.8) is 0 Å². The third-order valence-electron chi connectivity index (χ3n) is 4.82. The molecule has 0 unspecified atom stereocenters. The molecule has 1 amide bonds. The van der Waals surface area contributed by atoms with Gasteiger partial charge in [-0.2, -0.15) is 5.10 Å². The number of pyridine rings is 1. The third kappa shape index (κ3) is 4.15. The average Bonchev–Trinajstić information content (AvgIpc) is 3.42. The lowest BCUT2D eigenvalue weighted by molar-refractivity contribution is 0.0947. The van der Waals surface area contributed by atoms with Crippen LogP contribution in [0.25, 0.3) is 17.3 Å². The van der Waals surface area contributed by atoms with Crippen LogP contribution in [0.3, 0.4) is 0 Å². The van der Waals surface area contributed by atoms with Crippen molar-refractivity contribution in [2.45, 2.75) is 46.5 Å².